The lowest BCUT2D eigenvalue weighted by molar-refractivity contribution is -0.162. The minimum absolute atomic E-state index is 0.0529. The Morgan fingerprint density at radius 3 is 2.39 bits per heavy atom. The van der Waals surface area contributed by atoms with Gasteiger partial charge in [0.15, 0.2) is 5.78 Å². The molecule has 5 aliphatic carbocycles. The maximum absolute atomic E-state index is 14.4. The highest BCUT2D eigenvalue weighted by Crippen LogP contribution is 2.71. The highest BCUT2D eigenvalue weighted by atomic mass is 16.1. The largest absolute Gasteiger partial charge is 0.299 e. The van der Waals surface area contributed by atoms with E-state index in [-0.39, 0.29) is 56.5 Å². The third-order valence-corrected chi connectivity index (χ3v) is 12.9. The summed E-state index contributed by atoms with van der Waals surface area (Å²) in [5.41, 5.74) is 2.04. The average molecular weight is 516 g/mol. The van der Waals surface area contributed by atoms with Gasteiger partial charge in [0, 0.05) is 22.7 Å². The van der Waals surface area contributed by atoms with Crippen LogP contribution < -0.4 is 0 Å². The minimum atomic E-state index is -0.344. The molecule has 3 nitrogen and oxygen atoms in total. The van der Waals surface area contributed by atoms with Crippen molar-refractivity contribution in [3.05, 3.63) is 35.5 Å². The second-order valence-corrected chi connectivity index (χ2v) is 15.6. The molecule has 8 unspecified atom stereocenters. The minimum Gasteiger partial charge on any atom is -0.299 e. The van der Waals surface area contributed by atoms with Crippen molar-refractivity contribution in [2.75, 3.05) is 0 Å². The normalized spacial score (nSPS) is 43.8. The van der Waals surface area contributed by atoms with E-state index in [4.69, 9.17) is 0 Å². The second kappa shape index (κ2) is 8.52. The van der Waals surface area contributed by atoms with E-state index in [1.807, 2.05) is 6.08 Å². The summed E-state index contributed by atoms with van der Waals surface area (Å²) in [6, 6.07) is 2.43. The second-order valence-electron chi connectivity index (χ2n) is 15.6. The molecule has 5 rings (SSSR count). The molecule has 3 fully saturated rings. The maximum Gasteiger partial charge on any atom is 0.159 e. The molecule has 5 aliphatic rings. The van der Waals surface area contributed by atoms with E-state index >= 15 is 0 Å². The van der Waals surface area contributed by atoms with E-state index in [9.17, 15) is 14.9 Å². The first-order valence-electron chi connectivity index (χ1n) is 15.2. The van der Waals surface area contributed by atoms with Crippen molar-refractivity contribution in [1.29, 1.82) is 5.26 Å². The van der Waals surface area contributed by atoms with Gasteiger partial charge in [-0.1, -0.05) is 73.6 Å². The maximum atomic E-state index is 14.4. The zero-order valence-corrected chi connectivity index (χ0v) is 25.2. The van der Waals surface area contributed by atoms with Crippen molar-refractivity contribution in [1.82, 2.24) is 0 Å². The number of allylic oxidation sites excluding steroid dienone is 5. The molecule has 8 atom stereocenters. The van der Waals surface area contributed by atoms with Crippen LogP contribution in [0.3, 0.4) is 0 Å². The summed E-state index contributed by atoms with van der Waals surface area (Å²) in [6.07, 6.45) is 12.0. The quantitative estimate of drug-likeness (QED) is 0.379. The van der Waals surface area contributed by atoms with Crippen molar-refractivity contribution >= 4 is 11.6 Å². The number of nitriles is 1. The Balaban J connectivity index is 1.65. The number of hydrogen-bond acceptors (Lipinski definition) is 3. The number of Topliss-reactive ketones (excluding diaryl/α,β-unsaturated/α-hetero) is 1. The van der Waals surface area contributed by atoms with E-state index < -0.39 is 0 Å². The van der Waals surface area contributed by atoms with Crippen LogP contribution in [0.15, 0.2) is 35.5 Å². The molecular weight excluding hydrogens is 466 g/mol. The van der Waals surface area contributed by atoms with Crippen LogP contribution in [0, 0.1) is 68.0 Å². The van der Waals surface area contributed by atoms with Gasteiger partial charge in [-0.3, -0.25) is 9.59 Å². The topological polar surface area (TPSA) is 57.9 Å². The first kappa shape index (κ1) is 27.6. The van der Waals surface area contributed by atoms with Crippen molar-refractivity contribution in [3.63, 3.8) is 0 Å². The van der Waals surface area contributed by atoms with E-state index in [0.29, 0.717) is 17.3 Å². The number of hydrogen-bond donors (Lipinski definition) is 0. The molecular formula is C35H49NO2. The standard InChI is InChI=1S/C35H49NO2/c1-10-21(2)30(38)35-14-11-24-29(25(35)19-31(4,5)15-16-35)26(37)17-28-33(24,8)13-12-27-32(6,7)22(3)23(20-36)18-34(27,28)9/h17-18,21,24-25,27,29H,3,10-16,19H2,1-2,4-9H3. The monoisotopic (exact) mass is 515 g/mol. The average Bonchev–Trinajstić information content (AvgIpc) is 2.86. The number of carbonyl (C=O) groups excluding carboxylic acids is 2. The number of carbonyl (C=O) groups is 2. The molecule has 0 spiro atoms. The molecule has 0 saturated heterocycles. The molecule has 0 bridgehead atoms. The summed E-state index contributed by atoms with van der Waals surface area (Å²) >= 11 is 0. The molecule has 206 valence electrons. The molecule has 3 saturated carbocycles. The molecule has 0 aromatic carbocycles. The van der Waals surface area contributed by atoms with Gasteiger partial charge in [0.05, 0.1) is 11.6 Å². The van der Waals surface area contributed by atoms with Gasteiger partial charge in [0.1, 0.15) is 5.78 Å². The Hall–Kier alpha value is -1.95. The van der Waals surface area contributed by atoms with Crippen LogP contribution in [-0.2, 0) is 9.59 Å². The molecule has 0 radical (unpaired) electrons. The van der Waals surface area contributed by atoms with Gasteiger partial charge in [0.2, 0.25) is 0 Å². The van der Waals surface area contributed by atoms with Gasteiger partial charge in [-0.15, -0.1) is 0 Å². The molecule has 0 aliphatic heterocycles. The zero-order chi connectivity index (χ0) is 28.1. The fourth-order valence-corrected chi connectivity index (χ4v) is 10.5. The first-order valence-corrected chi connectivity index (χ1v) is 15.2. The van der Waals surface area contributed by atoms with Crippen molar-refractivity contribution in [2.45, 2.75) is 107 Å². The predicted octanol–water partition coefficient (Wildman–Crippen LogP) is 8.42. The smallest absolute Gasteiger partial charge is 0.159 e. The van der Waals surface area contributed by atoms with E-state index in [1.165, 1.54) is 5.57 Å². The van der Waals surface area contributed by atoms with E-state index in [1.54, 1.807) is 0 Å². The van der Waals surface area contributed by atoms with Crippen LogP contribution in [0.4, 0.5) is 0 Å². The van der Waals surface area contributed by atoms with Crippen LogP contribution in [0.5, 0.6) is 0 Å². The summed E-state index contributed by atoms with van der Waals surface area (Å²) in [5.74, 6) is 1.36. The van der Waals surface area contributed by atoms with Gasteiger partial charge in [-0.25, -0.2) is 0 Å². The van der Waals surface area contributed by atoms with Crippen LogP contribution in [0.2, 0.25) is 0 Å². The molecule has 0 heterocycles. The Morgan fingerprint density at radius 2 is 1.76 bits per heavy atom. The molecule has 0 amide bonds. The summed E-state index contributed by atoms with van der Waals surface area (Å²) in [7, 11) is 0. The van der Waals surface area contributed by atoms with Crippen molar-refractivity contribution in [2.24, 2.45) is 56.7 Å². The summed E-state index contributed by atoms with van der Waals surface area (Å²) in [4.78, 5) is 28.5. The Bertz CT molecular complexity index is 1190. The molecule has 3 heteroatoms. The third kappa shape index (κ3) is 3.50. The number of nitrogens with zero attached hydrogens (tertiary/aromatic N) is 1. The third-order valence-electron chi connectivity index (χ3n) is 12.9. The number of fused-ring (bicyclic) bond motifs is 7. The van der Waals surface area contributed by atoms with Crippen LogP contribution in [0.25, 0.3) is 0 Å². The summed E-state index contributed by atoms with van der Waals surface area (Å²) in [5, 5.41) is 10.0. The van der Waals surface area contributed by atoms with Gasteiger partial charge in [0.25, 0.3) is 0 Å². The van der Waals surface area contributed by atoms with Gasteiger partial charge >= 0.3 is 0 Å². The lowest BCUT2D eigenvalue weighted by Gasteiger charge is -2.65. The van der Waals surface area contributed by atoms with Crippen LogP contribution in [-0.4, -0.2) is 11.6 Å². The Morgan fingerprint density at radius 1 is 1.08 bits per heavy atom. The number of ketones is 2. The van der Waals surface area contributed by atoms with Crippen molar-refractivity contribution < 1.29 is 9.59 Å². The van der Waals surface area contributed by atoms with Crippen LogP contribution in [0.1, 0.15) is 107 Å². The van der Waals surface area contributed by atoms with E-state index in [0.717, 1.165) is 56.9 Å². The SMILES string of the molecule is C=C1C(C#N)=CC2(C)C3=CC(=O)C4C(CCC5(C(=O)C(C)CC)CCC(C)(C)CC45)C3(C)CCC2C1(C)C. The first-order chi connectivity index (χ1) is 17.6. The lowest BCUT2D eigenvalue weighted by atomic mass is 9.37. The van der Waals surface area contributed by atoms with Crippen molar-refractivity contribution in [3.8, 4) is 6.07 Å². The highest BCUT2D eigenvalue weighted by molar-refractivity contribution is 5.96. The molecule has 0 N–H and O–H groups in total. The van der Waals surface area contributed by atoms with Gasteiger partial charge in [-0.05, 0) is 97.0 Å². The van der Waals surface area contributed by atoms with E-state index in [2.05, 4.69) is 74.1 Å². The Kier molecular flexibility index (Phi) is 6.19. The van der Waals surface area contributed by atoms with Gasteiger partial charge < -0.3 is 0 Å². The number of rotatable bonds is 3. The zero-order valence-electron chi connectivity index (χ0n) is 25.2. The molecule has 0 aromatic rings. The Labute approximate surface area is 231 Å². The van der Waals surface area contributed by atoms with Gasteiger partial charge in [-0.2, -0.15) is 5.26 Å². The molecule has 0 aromatic heterocycles. The summed E-state index contributed by atoms with van der Waals surface area (Å²) < 4.78 is 0. The predicted molar refractivity (Wildman–Crippen MR) is 153 cm³/mol. The highest BCUT2D eigenvalue weighted by Gasteiger charge is 2.66. The fraction of sp³-hybridized carbons (Fsp3) is 0.743. The fourth-order valence-electron chi connectivity index (χ4n) is 10.5. The summed E-state index contributed by atoms with van der Waals surface area (Å²) in [6.45, 7) is 22.4. The lowest BCUT2D eigenvalue weighted by Crippen LogP contribution is -2.61. The van der Waals surface area contributed by atoms with Crippen LogP contribution >= 0.6 is 0 Å². The molecule has 38 heavy (non-hydrogen) atoms.